The van der Waals surface area contributed by atoms with Gasteiger partial charge in [0, 0.05) is 23.9 Å². The number of carbonyl (C=O) groups excluding carboxylic acids is 2. The van der Waals surface area contributed by atoms with E-state index < -0.39 is 56.0 Å². The largest absolute Gasteiger partial charge is 0.507 e. The Morgan fingerprint density at radius 2 is 1.59 bits per heavy atom. The minimum atomic E-state index is -3.09. The van der Waals surface area contributed by atoms with Crippen LogP contribution < -0.4 is 15.3 Å². The number of phenols is 1. The zero-order chi connectivity index (χ0) is 42.9. The maximum atomic E-state index is 14.6. The van der Waals surface area contributed by atoms with Gasteiger partial charge in [-0.3, -0.25) is 24.7 Å². The molecule has 13 heteroatoms. The highest BCUT2D eigenvalue weighted by Crippen LogP contribution is 2.52. The number of nitrogens with zero attached hydrogens (tertiary/aromatic N) is 3. The van der Waals surface area contributed by atoms with Gasteiger partial charge >= 0.3 is 7.12 Å². The fraction of sp³-hybridized carbons (Fsp3) is 0.271. The molecule has 2 saturated heterocycles. The van der Waals surface area contributed by atoms with Crippen LogP contribution in [0.4, 0.5) is 11.4 Å². The van der Waals surface area contributed by atoms with Gasteiger partial charge in [0.1, 0.15) is 5.75 Å². The Kier molecular flexibility index (Phi) is 11.7. The molecule has 4 atom stereocenters. The molecule has 2 N–H and O–H groups in total. The molecule has 310 valence electrons. The first-order valence-electron chi connectivity index (χ1n) is 20.7. The molecule has 2 aliphatic heterocycles. The third-order valence-corrected chi connectivity index (χ3v) is 17.4. The Hall–Kier alpha value is -5.99. The van der Waals surface area contributed by atoms with E-state index in [4.69, 9.17) is 9.08 Å². The van der Waals surface area contributed by atoms with Crippen LogP contribution >= 0.6 is 0 Å². The number of anilines is 1. The first-order chi connectivity index (χ1) is 29.4. The number of benzene rings is 4. The fourth-order valence-electron chi connectivity index (χ4n) is 9.76. The number of amides is 2. The molecule has 0 radical (unpaired) electrons. The average molecular weight is 834 g/mol. The van der Waals surface area contributed by atoms with Crippen LogP contribution in [0.2, 0.25) is 11.4 Å². The van der Waals surface area contributed by atoms with Gasteiger partial charge in [0.2, 0.25) is 11.8 Å². The predicted molar refractivity (Wildman–Crippen MR) is 238 cm³/mol. The maximum absolute atomic E-state index is 14.6. The summed E-state index contributed by atoms with van der Waals surface area (Å²) in [6.07, 6.45) is 4.06. The summed E-state index contributed by atoms with van der Waals surface area (Å²) in [7, 11) is -4.32. The molecule has 1 aliphatic carbocycles. The second-order valence-corrected chi connectivity index (χ2v) is 21.3. The van der Waals surface area contributed by atoms with Crippen molar-refractivity contribution in [3.63, 3.8) is 0 Å². The van der Waals surface area contributed by atoms with E-state index in [-0.39, 0.29) is 41.5 Å². The van der Waals surface area contributed by atoms with Gasteiger partial charge in [-0.05, 0) is 94.0 Å². The second-order valence-electron chi connectivity index (χ2n) is 17.0. The number of nitro benzene ring substituents is 1. The zero-order valence-corrected chi connectivity index (χ0v) is 35.4. The van der Waals surface area contributed by atoms with Crippen LogP contribution in [0, 0.1) is 27.9 Å². The van der Waals surface area contributed by atoms with E-state index in [1.54, 1.807) is 24.4 Å². The Balaban J connectivity index is 1.23. The van der Waals surface area contributed by atoms with Gasteiger partial charge in [0.25, 0.3) is 14.0 Å². The summed E-state index contributed by atoms with van der Waals surface area (Å²) in [6, 6.07) is 38.9. The number of fused-ring (bicyclic) bond motifs is 3. The van der Waals surface area contributed by atoms with Gasteiger partial charge < -0.3 is 19.2 Å². The number of aromatic hydroxyl groups is 1. The molecule has 0 spiro atoms. The molecule has 0 bridgehead atoms. The first-order valence-corrected chi connectivity index (χ1v) is 22.6. The van der Waals surface area contributed by atoms with Gasteiger partial charge in [-0.2, -0.15) is 0 Å². The highest BCUT2D eigenvalue weighted by molar-refractivity contribution is 6.99. The Labute approximate surface area is 356 Å². The van der Waals surface area contributed by atoms with Crippen molar-refractivity contribution in [1.29, 1.82) is 0 Å². The van der Waals surface area contributed by atoms with Crippen molar-refractivity contribution in [3.8, 4) is 5.75 Å². The molecular formula is C48H48BN3O8Si. The highest BCUT2D eigenvalue weighted by atomic mass is 28.4. The molecule has 3 aliphatic rings. The summed E-state index contributed by atoms with van der Waals surface area (Å²) in [5.41, 5.74) is 3.79. The molecular weight excluding hydrogens is 785 g/mol. The Morgan fingerprint density at radius 1 is 0.918 bits per heavy atom. The van der Waals surface area contributed by atoms with E-state index in [0.29, 0.717) is 18.4 Å². The van der Waals surface area contributed by atoms with Crippen LogP contribution in [0.25, 0.3) is 11.6 Å². The quantitative estimate of drug-likeness (QED) is 0.0426. The SMILES string of the molecule is CC(C)(C)[Si](OCC1=C2[C@@H](CC/C(=C/c3ccccc3O)c3ccccn3)OB(O)C[C@@H]2[C@@H]2C(=O)N(c3cccc([N+](=O)[O-])c3)C(=O)[C@@H]2C1)(c1ccccc1)c1ccccc1. The first kappa shape index (κ1) is 41.7. The fourth-order valence-corrected chi connectivity index (χ4v) is 14.3. The molecule has 2 fully saturated rings. The summed E-state index contributed by atoms with van der Waals surface area (Å²) in [6.45, 7) is 6.75. The molecule has 0 saturated carbocycles. The van der Waals surface area contributed by atoms with Crippen molar-refractivity contribution in [2.45, 2.75) is 57.5 Å². The number of hydrogen-bond acceptors (Lipinski definition) is 9. The number of pyridine rings is 1. The van der Waals surface area contributed by atoms with Gasteiger partial charge in [-0.1, -0.05) is 112 Å². The van der Waals surface area contributed by atoms with Crippen LogP contribution in [0.15, 0.2) is 145 Å². The minimum Gasteiger partial charge on any atom is -0.507 e. The van der Waals surface area contributed by atoms with Crippen molar-refractivity contribution in [1.82, 2.24) is 4.98 Å². The lowest BCUT2D eigenvalue weighted by molar-refractivity contribution is -0.384. The number of allylic oxidation sites excluding steroid dienone is 1. The van der Waals surface area contributed by atoms with E-state index in [9.17, 15) is 29.8 Å². The summed E-state index contributed by atoms with van der Waals surface area (Å²) in [5, 5.41) is 35.8. The number of non-ortho nitro benzene ring substituents is 1. The van der Waals surface area contributed by atoms with Crippen LogP contribution in [0.1, 0.15) is 51.3 Å². The van der Waals surface area contributed by atoms with Crippen molar-refractivity contribution < 1.29 is 33.7 Å². The monoisotopic (exact) mass is 833 g/mol. The number of aromatic nitrogens is 1. The second kappa shape index (κ2) is 17.2. The molecule has 5 aromatic rings. The van der Waals surface area contributed by atoms with Crippen molar-refractivity contribution in [3.05, 3.63) is 166 Å². The molecule has 2 amide bonds. The van der Waals surface area contributed by atoms with E-state index >= 15 is 0 Å². The van der Waals surface area contributed by atoms with E-state index in [2.05, 4.69) is 50.0 Å². The van der Waals surface area contributed by atoms with Crippen molar-refractivity contribution in [2.75, 3.05) is 11.5 Å². The Bertz CT molecular complexity index is 2460. The van der Waals surface area contributed by atoms with Crippen LogP contribution in [-0.4, -0.2) is 60.0 Å². The Morgan fingerprint density at radius 3 is 2.23 bits per heavy atom. The van der Waals surface area contributed by atoms with Crippen molar-refractivity contribution >= 4 is 60.6 Å². The maximum Gasteiger partial charge on any atom is 0.455 e. The summed E-state index contributed by atoms with van der Waals surface area (Å²) in [5.74, 6) is -2.95. The van der Waals surface area contributed by atoms with E-state index in [0.717, 1.165) is 37.7 Å². The standard InChI is InChI=1S/C48H48BN3O8Si/c1-48(2,3)61(37-18-6-4-7-19-37,38-20-8-5-9-21-38)59-31-34-28-39-45(47(55)51(46(39)54)35-16-14-17-36(29-35)52(57)58)40-30-49(56)60-43(44(34)40)25-24-32(41-22-12-13-26-50-41)27-33-15-10-11-23-42(33)53/h4-23,26-27,29,39-40,43,45,53,56H,24-25,28,30-31H2,1-3H3/b32-27-/t39-,40+,43-,45-/m1/s1. The number of para-hydroxylation sites is 1. The lowest BCUT2D eigenvalue weighted by Gasteiger charge is -2.46. The van der Waals surface area contributed by atoms with Gasteiger partial charge in [0.15, 0.2) is 0 Å². The van der Waals surface area contributed by atoms with Gasteiger partial charge in [-0.25, -0.2) is 4.90 Å². The molecule has 61 heavy (non-hydrogen) atoms. The van der Waals surface area contributed by atoms with Gasteiger partial charge in [0.05, 0.1) is 40.9 Å². The number of carbonyl (C=O) groups is 2. The molecule has 3 heterocycles. The van der Waals surface area contributed by atoms with Gasteiger partial charge in [-0.15, -0.1) is 0 Å². The summed E-state index contributed by atoms with van der Waals surface area (Å²) in [4.78, 5) is 46.1. The highest BCUT2D eigenvalue weighted by Gasteiger charge is 2.58. The molecule has 11 nitrogen and oxygen atoms in total. The third kappa shape index (κ3) is 8.02. The van der Waals surface area contributed by atoms with Crippen LogP contribution in [-0.2, 0) is 18.7 Å². The van der Waals surface area contributed by atoms with Crippen molar-refractivity contribution in [2.24, 2.45) is 17.8 Å². The zero-order valence-electron chi connectivity index (χ0n) is 34.4. The molecule has 8 rings (SSSR count). The van der Waals surface area contributed by atoms with E-state index in [1.165, 1.54) is 18.2 Å². The minimum absolute atomic E-state index is 0.0817. The van der Waals surface area contributed by atoms with Crippen LogP contribution in [0.3, 0.4) is 0 Å². The summed E-state index contributed by atoms with van der Waals surface area (Å²) < 4.78 is 14.0. The van der Waals surface area contributed by atoms with Crippen LogP contribution in [0.5, 0.6) is 5.75 Å². The number of phenolic OH excluding ortho intramolecular Hbond substituents is 1. The number of imide groups is 1. The smallest absolute Gasteiger partial charge is 0.455 e. The summed E-state index contributed by atoms with van der Waals surface area (Å²) >= 11 is 0. The molecule has 1 aromatic heterocycles. The predicted octanol–water partition coefficient (Wildman–Crippen LogP) is 7.59. The number of nitro groups is 1. The number of hydrogen-bond donors (Lipinski definition) is 2. The molecule has 4 aromatic carbocycles. The average Bonchev–Trinajstić information content (AvgIpc) is 3.51. The topological polar surface area (TPSA) is 152 Å². The lowest BCUT2D eigenvalue weighted by atomic mass is 9.58. The number of rotatable bonds is 12. The van der Waals surface area contributed by atoms with E-state index in [1.807, 2.05) is 72.8 Å². The third-order valence-electron chi connectivity index (χ3n) is 12.4. The normalized spacial score (nSPS) is 20.8. The lowest BCUT2D eigenvalue weighted by Crippen LogP contribution is -2.66. The molecule has 0 unspecified atom stereocenters.